The molecule has 4 heteroatoms. The molecule has 4 aliphatic rings. The van der Waals surface area contributed by atoms with Crippen molar-refractivity contribution in [3.63, 3.8) is 0 Å². The van der Waals surface area contributed by atoms with Gasteiger partial charge in [0.1, 0.15) is 0 Å². The maximum atomic E-state index is 12.8. The van der Waals surface area contributed by atoms with Crippen molar-refractivity contribution >= 4 is 5.91 Å². The first-order valence-corrected chi connectivity index (χ1v) is 9.52. The molecule has 2 heterocycles. The van der Waals surface area contributed by atoms with Crippen molar-refractivity contribution in [2.75, 3.05) is 13.1 Å². The van der Waals surface area contributed by atoms with Crippen LogP contribution in [0.2, 0.25) is 0 Å². The fourth-order valence-electron chi connectivity index (χ4n) is 5.72. The molecule has 0 spiro atoms. The normalized spacial score (nSPS) is 45.3. The first-order valence-electron chi connectivity index (χ1n) is 9.52. The number of nitrogens with zero attached hydrogens (tertiary/aromatic N) is 1. The van der Waals surface area contributed by atoms with Crippen molar-refractivity contribution in [3.05, 3.63) is 0 Å². The standard InChI is InChI=1S/C18H31N3O/c19-17-12-4-3-5-13(17)11-14(10-12)18(22)20-15-7-9-21-8-2-1-6-16(15)21/h12-17H,1-11,19H2,(H,20,22). The molecular weight excluding hydrogens is 274 g/mol. The zero-order chi connectivity index (χ0) is 15.1. The zero-order valence-electron chi connectivity index (χ0n) is 13.7. The highest BCUT2D eigenvalue weighted by Crippen LogP contribution is 2.42. The molecule has 124 valence electrons. The van der Waals surface area contributed by atoms with Gasteiger partial charge in [0, 0.05) is 30.6 Å². The first kappa shape index (κ1) is 14.9. The summed E-state index contributed by atoms with van der Waals surface area (Å²) in [5.41, 5.74) is 6.36. The smallest absolute Gasteiger partial charge is 0.223 e. The van der Waals surface area contributed by atoms with E-state index in [2.05, 4.69) is 10.2 Å². The van der Waals surface area contributed by atoms with Crippen molar-refractivity contribution in [1.82, 2.24) is 10.2 Å². The average Bonchev–Trinajstić information content (AvgIpc) is 2.90. The van der Waals surface area contributed by atoms with Crippen LogP contribution in [-0.4, -0.2) is 42.0 Å². The SMILES string of the molecule is NC1C2CCCC1CC(C(=O)NC1CCN3CCCCC13)C2. The third-order valence-electron chi connectivity index (χ3n) is 6.97. The van der Waals surface area contributed by atoms with Gasteiger partial charge in [-0.3, -0.25) is 9.69 Å². The van der Waals surface area contributed by atoms with Gasteiger partial charge < -0.3 is 11.1 Å². The highest BCUT2D eigenvalue weighted by Gasteiger charge is 2.42. The number of hydrogen-bond acceptors (Lipinski definition) is 3. The predicted octanol–water partition coefficient (Wildman–Crippen LogP) is 1.88. The van der Waals surface area contributed by atoms with Crippen molar-refractivity contribution in [2.45, 2.75) is 75.9 Å². The van der Waals surface area contributed by atoms with E-state index in [1.165, 1.54) is 51.6 Å². The van der Waals surface area contributed by atoms with Gasteiger partial charge in [0.25, 0.3) is 0 Å². The molecule has 4 nitrogen and oxygen atoms in total. The van der Waals surface area contributed by atoms with Crippen molar-refractivity contribution in [3.8, 4) is 0 Å². The molecule has 0 aromatic carbocycles. The monoisotopic (exact) mass is 305 g/mol. The lowest BCUT2D eigenvalue weighted by atomic mass is 9.65. The number of piperidine rings is 1. The number of nitrogens with one attached hydrogen (secondary N) is 1. The van der Waals surface area contributed by atoms with Gasteiger partial charge in [0.2, 0.25) is 5.91 Å². The van der Waals surface area contributed by atoms with Crippen LogP contribution in [0.1, 0.15) is 57.8 Å². The lowest BCUT2D eigenvalue weighted by Gasteiger charge is -2.44. The van der Waals surface area contributed by atoms with E-state index in [1.54, 1.807) is 0 Å². The summed E-state index contributed by atoms with van der Waals surface area (Å²) in [6, 6.07) is 1.38. The van der Waals surface area contributed by atoms with Gasteiger partial charge in [0.15, 0.2) is 0 Å². The average molecular weight is 305 g/mol. The van der Waals surface area contributed by atoms with Gasteiger partial charge in [-0.2, -0.15) is 0 Å². The van der Waals surface area contributed by atoms with Crippen LogP contribution in [0.4, 0.5) is 0 Å². The highest BCUT2D eigenvalue weighted by molar-refractivity contribution is 5.79. The molecule has 1 amide bonds. The van der Waals surface area contributed by atoms with Crippen molar-refractivity contribution in [2.24, 2.45) is 23.5 Å². The van der Waals surface area contributed by atoms with E-state index in [0.29, 0.717) is 35.9 Å². The van der Waals surface area contributed by atoms with Crippen LogP contribution in [0, 0.1) is 17.8 Å². The van der Waals surface area contributed by atoms with Crippen molar-refractivity contribution in [1.29, 1.82) is 0 Å². The number of rotatable bonds is 2. The number of nitrogens with two attached hydrogens (primary N) is 1. The van der Waals surface area contributed by atoms with E-state index in [1.807, 2.05) is 0 Å². The summed E-state index contributed by atoms with van der Waals surface area (Å²) in [4.78, 5) is 15.4. The van der Waals surface area contributed by atoms with Crippen LogP contribution in [0.3, 0.4) is 0 Å². The quantitative estimate of drug-likeness (QED) is 0.819. The molecule has 4 fully saturated rings. The molecule has 2 saturated carbocycles. The molecule has 22 heavy (non-hydrogen) atoms. The third-order valence-corrected chi connectivity index (χ3v) is 6.97. The van der Waals surface area contributed by atoms with Crippen LogP contribution in [0.25, 0.3) is 0 Å². The summed E-state index contributed by atoms with van der Waals surface area (Å²) < 4.78 is 0. The largest absolute Gasteiger partial charge is 0.352 e. The molecule has 2 saturated heterocycles. The van der Waals surface area contributed by atoms with E-state index in [0.717, 1.165) is 19.3 Å². The summed E-state index contributed by atoms with van der Waals surface area (Å²) >= 11 is 0. The second kappa shape index (κ2) is 6.12. The second-order valence-electron chi connectivity index (χ2n) is 8.20. The molecule has 2 aliphatic carbocycles. The van der Waals surface area contributed by atoms with E-state index in [9.17, 15) is 4.79 Å². The highest BCUT2D eigenvalue weighted by atomic mass is 16.2. The van der Waals surface area contributed by atoms with Crippen molar-refractivity contribution < 1.29 is 4.79 Å². The molecule has 4 atom stereocenters. The maximum absolute atomic E-state index is 12.8. The maximum Gasteiger partial charge on any atom is 0.223 e. The Labute approximate surface area is 134 Å². The molecule has 0 radical (unpaired) electrons. The Hall–Kier alpha value is -0.610. The molecule has 2 aliphatic heterocycles. The molecule has 3 N–H and O–H groups in total. The van der Waals surface area contributed by atoms with Crippen LogP contribution in [-0.2, 0) is 4.79 Å². The number of amides is 1. The zero-order valence-corrected chi connectivity index (χ0v) is 13.7. The lowest BCUT2D eigenvalue weighted by molar-refractivity contribution is -0.128. The Bertz CT molecular complexity index is 413. The van der Waals surface area contributed by atoms with E-state index in [4.69, 9.17) is 5.73 Å². The number of carbonyl (C=O) groups excluding carboxylic acids is 1. The lowest BCUT2D eigenvalue weighted by Crippen LogP contribution is -2.52. The Kier molecular flexibility index (Phi) is 4.16. The summed E-state index contributed by atoms with van der Waals surface area (Å²) in [5.74, 6) is 1.75. The number of carbonyl (C=O) groups is 1. The van der Waals surface area contributed by atoms with Gasteiger partial charge in [-0.05, 0) is 63.3 Å². The van der Waals surface area contributed by atoms with Gasteiger partial charge in [-0.15, -0.1) is 0 Å². The molecule has 4 rings (SSSR count). The molecular formula is C18H31N3O. The minimum atomic E-state index is 0.229. The Morgan fingerprint density at radius 3 is 2.50 bits per heavy atom. The third kappa shape index (κ3) is 2.69. The predicted molar refractivity (Wildman–Crippen MR) is 87.3 cm³/mol. The summed E-state index contributed by atoms with van der Waals surface area (Å²) in [5, 5.41) is 3.43. The fraction of sp³-hybridized carbons (Fsp3) is 0.944. The second-order valence-corrected chi connectivity index (χ2v) is 8.20. The minimum absolute atomic E-state index is 0.229. The van der Waals surface area contributed by atoms with Crippen LogP contribution in [0.5, 0.6) is 0 Å². The van der Waals surface area contributed by atoms with Gasteiger partial charge in [-0.25, -0.2) is 0 Å². The number of hydrogen-bond donors (Lipinski definition) is 2. The molecule has 0 aromatic heterocycles. The Morgan fingerprint density at radius 1 is 0.955 bits per heavy atom. The summed E-state index contributed by atoms with van der Waals surface area (Å²) in [6.07, 6.45) is 10.9. The van der Waals surface area contributed by atoms with Crippen LogP contribution < -0.4 is 11.1 Å². The Balaban J connectivity index is 1.36. The summed E-state index contributed by atoms with van der Waals surface area (Å²) in [7, 11) is 0. The van der Waals surface area contributed by atoms with Crippen LogP contribution >= 0.6 is 0 Å². The topological polar surface area (TPSA) is 58.4 Å². The van der Waals surface area contributed by atoms with E-state index < -0.39 is 0 Å². The molecule has 4 unspecified atom stereocenters. The van der Waals surface area contributed by atoms with Crippen LogP contribution in [0.15, 0.2) is 0 Å². The van der Waals surface area contributed by atoms with Gasteiger partial charge in [0.05, 0.1) is 0 Å². The molecule has 2 bridgehead atoms. The van der Waals surface area contributed by atoms with Gasteiger partial charge >= 0.3 is 0 Å². The fourth-order valence-corrected chi connectivity index (χ4v) is 5.72. The van der Waals surface area contributed by atoms with E-state index in [-0.39, 0.29) is 5.92 Å². The summed E-state index contributed by atoms with van der Waals surface area (Å²) in [6.45, 7) is 2.41. The van der Waals surface area contributed by atoms with Gasteiger partial charge in [-0.1, -0.05) is 12.8 Å². The molecule has 0 aromatic rings. The number of fused-ring (bicyclic) bond motifs is 3. The Morgan fingerprint density at radius 2 is 1.73 bits per heavy atom. The minimum Gasteiger partial charge on any atom is -0.352 e. The van der Waals surface area contributed by atoms with E-state index >= 15 is 0 Å². The first-order chi connectivity index (χ1) is 10.7.